The summed E-state index contributed by atoms with van der Waals surface area (Å²) in [6.07, 6.45) is 2.55. The van der Waals surface area contributed by atoms with Gasteiger partial charge in [0.25, 0.3) is 5.91 Å². The highest BCUT2D eigenvalue weighted by Crippen LogP contribution is 2.26. The average molecular weight is 485 g/mol. The normalized spacial score (nSPS) is 10.9. The molecule has 0 saturated carbocycles. The summed E-state index contributed by atoms with van der Waals surface area (Å²) in [5.74, 6) is 0.102. The molecule has 0 aliphatic heterocycles. The van der Waals surface area contributed by atoms with Gasteiger partial charge in [-0.25, -0.2) is 0 Å². The van der Waals surface area contributed by atoms with Gasteiger partial charge in [-0.3, -0.25) is 24.3 Å². The van der Waals surface area contributed by atoms with Crippen molar-refractivity contribution < 1.29 is 9.72 Å². The lowest BCUT2D eigenvalue weighted by Crippen LogP contribution is -2.13. The fourth-order valence-corrected chi connectivity index (χ4v) is 3.75. The van der Waals surface area contributed by atoms with Gasteiger partial charge in [-0.15, -0.1) is 0 Å². The molecule has 0 atom stereocenters. The molecule has 0 spiro atoms. The number of aromatic nitrogens is 4. The number of carbonyl (C=O) groups excluding carboxylic acids is 1. The van der Waals surface area contributed by atoms with Gasteiger partial charge in [-0.1, -0.05) is 41.4 Å². The molecule has 2 aromatic heterocycles. The third kappa shape index (κ3) is 5.21. The molecule has 1 amide bonds. The Labute approximate surface area is 198 Å². The number of anilines is 1. The van der Waals surface area contributed by atoms with Gasteiger partial charge in [0.15, 0.2) is 5.82 Å². The van der Waals surface area contributed by atoms with Gasteiger partial charge in [-0.05, 0) is 36.8 Å². The predicted molar refractivity (Wildman–Crippen MR) is 125 cm³/mol. The Kier molecular flexibility index (Phi) is 6.43. The van der Waals surface area contributed by atoms with Crippen LogP contribution in [0.25, 0.3) is 0 Å². The van der Waals surface area contributed by atoms with E-state index in [1.807, 2.05) is 6.92 Å². The van der Waals surface area contributed by atoms with E-state index < -0.39 is 4.92 Å². The van der Waals surface area contributed by atoms with E-state index in [9.17, 15) is 14.9 Å². The van der Waals surface area contributed by atoms with E-state index in [1.165, 1.54) is 17.1 Å². The average Bonchev–Trinajstić information content (AvgIpc) is 3.38. The fraction of sp³-hybridized carbons (Fsp3) is 0.136. The van der Waals surface area contributed by atoms with E-state index in [2.05, 4.69) is 15.5 Å². The van der Waals surface area contributed by atoms with Crippen molar-refractivity contribution in [3.63, 3.8) is 0 Å². The Balaban J connectivity index is 1.42. The van der Waals surface area contributed by atoms with Crippen LogP contribution >= 0.6 is 23.2 Å². The van der Waals surface area contributed by atoms with Crippen molar-refractivity contribution in [3.05, 3.63) is 103 Å². The molecule has 0 saturated heterocycles. The molecule has 0 fully saturated rings. The largest absolute Gasteiger partial charge is 0.307 e. The molecule has 0 aliphatic carbocycles. The van der Waals surface area contributed by atoms with Crippen molar-refractivity contribution in [1.29, 1.82) is 0 Å². The lowest BCUT2D eigenvalue weighted by Gasteiger charge is -2.08. The molecule has 11 heteroatoms. The van der Waals surface area contributed by atoms with Gasteiger partial charge >= 0.3 is 5.69 Å². The SMILES string of the molecule is Cc1cc(NC(=O)c2ccc(Cn3cc([N+](=O)[O-])cn3)cc2)nn1Cc1c(Cl)cccc1Cl. The van der Waals surface area contributed by atoms with Gasteiger partial charge < -0.3 is 5.32 Å². The Hall–Kier alpha value is -3.69. The van der Waals surface area contributed by atoms with E-state index >= 15 is 0 Å². The van der Waals surface area contributed by atoms with Crippen molar-refractivity contribution in [3.8, 4) is 0 Å². The molecule has 2 heterocycles. The Morgan fingerprint density at radius 2 is 1.82 bits per heavy atom. The molecule has 0 aliphatic rings. The van der Waals surface area contributed by atoms with Crippen LogP contribution in [0.2, 0.25) is 10.0 Å². The Morgan fingerprint density at radius 1 is 1.12 bits per heavy atom. The van der Waals surface area contributed by atoms with Crippen molar-refractivity contribution in [1.82, 2.24) is 19.6 Å². The van der Waals surface area contributed by atoms with Crippen LogP contribution in [0.5, 0.6) is 0 Å². The van der Waals surface area contributed by atoms with Gasteiger partial charge in [0.05, 0.1) is 18.0 Å². The smallest absolute Gasteiger partial charge is 0.305 e. The number of rotatable bonds is 7. The fourth-order valence-electron chi connectivity index (χ4n) is 3.23. The third-order valence-corrected chi connectivity index (χ3v) is 5.69. The predicted octanol–water partition coefficient (Wildman–Crippen LogP) is 4.95. The van der Waals surface area contributed by atoms with Crippen LogP contribution in [0.15, 0.2) is 60.9 Å². The number of aryl methyl sites for hydroxylation is 1. The summed E-state index contributed by atoms with van der Waals surface area (Å²) in [7, 11) is 0. The van der Waals surface area contributed by atoms with E-state index in [0.29, 0.717) is 34.5 Å². The molecule has 1 N–H and O–H groups in total. The second-order valence-electron chi connectivity index (χ2n) is 7.33. The van der Waals surface area contributed by atoms with Gasteiger partial charge in [0.2, 0.25) is 0 Å². The van der Waals surface area contributed by atoms with Crippen LogP contribution < -0.4 is 5.32 Å². The summed E-state index contributed by atoms with van der Waals surface area (Å²) in [4.78, 5) is 22.9. The maximum atomic E-state index is 12.7. The molecule has 2 aromatic carbocycles. The zero-order valence-electron chi connectivity index (χ0n) is 17.4. The summed E-state index contributed by atoms with van der Waals surface area (Å²) in [5, 5.41) is 23.1. The number of carbonyl (C=O) groups is 1. The van der Waals surface area contributed by atoms with E-state index in [1.54, 1.807) is 53.2 Å². The molecule has 168 valence electrons. The topological polar surface area (TPSA) is 108 Å². The number of nitrogens with one attached hydrogen (secondary N) is 1. The van der Waals surface area contributed by atoms with Crippen molar-refractivity contribution in [2.45, 2.75) is 20.0 Å². The molecular weight excluding hydrogens is 467 g/mol. The van der Waals surface area contributed by atoms with Crippen molar-refractivity contribution in [2.24, 2.45) is 0 Å². The van der Waals surface area contributed by atoms with Crippen molar-refractivity contribution in [2.75, 3.05) is 5.32 Å². The molecule has 9 nitrogen and oxygen atoms in total. The molecule has 4 aromatic rings. The lowest BCUT2D eigenvalue weighted by molar-refractivity contribution is -0.385. The summed E-state index contributed by atoms with van der Waals surface area (Å²) in [5.41, 5.74) is 2.82. The second-order valence-corrected chi connectivity index (χ2v) is 8.15. The second kappa shape index (κ2) is 9.43. The first kappa shape index (κ1) is 22.5. The summed E-state index contributed by atoms with van der Waals surface area (Å²) < 4.78 is 3.18. The molecule has 0 bridgehead atoms. The highest BCUT2D eigenvalue weighted by Gasteiger charge is 2.13. The minimum atomic E-state index is -0.497. The minimum absolute atomic E-state index is 0.0717. The number of halogens is 2. The van der Waals surface area contributed by atoms with E-state index in [0.717, 1.165) is 16.8 Å². The van der Waals surface area contributed by atoms with Crippen LogP contribution in [0, 0.1) is 17.0 Å². The monoisotopic (exact) mass is 484 g/mol. The van der Waals surface area contributed by atoms with Gasteiger partial charge in [-0.2, -0.15) is 10.2 Å². The Bertz CT molecular complexity index is 1310. The van der Waals surface area contributed by atoms with E-state index in [4.69, 9.17) is 23.2 Å². The maximum absolute atomic E-state index is 12.7. The first-order valence-corrected chi connectivity index (χ1v) is 10.6. The molecule has 0 unspecified atom stereocenters. The van der Waals surface area contributed by atoms with Crippen LogP contribution in [-0.2, 0) is 13.1 Å². The standard InChI is InChI=1S/C22H18Cl2N6O3/c1-14-9-21(27-29(14)13-18-19(23)3-2-4-20(18)24)26-22(31)16-7-5-15(6-8-16)11-28-12-17(10-25-28)30(32)33/h2-10,12H,11,13H2,1H3,(H,26,27,31). The quantitative estimate of drug-likeness (QED) is 0.294. The van der Waals surface area contributed by atoms with Crippen LogP contribution in [0.1, 0.15) is 27.2 Å². The van der Waals surface area contributed by atoms with Crippen molar-refractivity contribution >= 4 is 40.6 Å². The maximum Gasteiger partial charge on any atom is 0.307 e. The Morgan fingerprint density at radius 3 is 2.45 bits per heavy atom. The molecular formula is C22H18Cl2N6O3. The number of nitrogens with zero attached hydrogens (tertiary/aromatic N) is 5. The number of benzene rings is 2. The number of hydrogen-bond donors (Lipinski definition) is 1. The highest BCUT2D eigenvalue weighted by molar-refractivity contribution is 6.35. The number of nitro groups is 1. The molecule has 33 heavy (non-hydrogen) atoms. The zero-order chi connectivity index (χ0) is 23.5. The number of hydrogen-bond acceptors (Lipinski definition) is 5. The number of amides is 1. The summed E-state index contributed by atoms with van der Waals surface area (Å²) >= 11 is 12.5. The zero-order valence-corrected chi connectivity index (χ0v) is 18.9. The van der Waals surface area contributed by atoms with Crippen LogP contribution in [0.3, 0.4) is 0 Å². The minimum Gasteiger partial charge on any atom is -0.305 e. The van der Waals surface area contributed by atoms with Gasteiger partial charge in [0, 0.05) is 32.9 Å². The summed E-state index contributed by atoms with van der Waals surface area (Å²) in [6, 6.07) is 14.0. The van der Waals surface area contributed by atoms with Crippen LogP contribution in [0.4, 0.5) is 11.5 Å². The van der Waals surface area contributed by atoms with Crippen LogP contribution in [-0.4, -0.2) is 30.4 Å². The third-order valence-electron chi connectivity index (χ3n) is 4.98. The summed E-state index contributed by atoms with van der Waals surface area (Å²) in [6.45, 7) is 2.60. The molecule has 0 radical (unpaired) electrons. The highest BCUT2D eigenvalue weighted by atomic mass is 35.5. The lowest BCUT2D eigenvalue weighted by atomic mass is 10.1. The van der Waals surface area contributed by atoms with E-state index in [-0.39, 0.29) is 11.6 Å². The van der Waals surface area contributed by atoms with Gasteiger partial charge in [0.1, 0.15) is 12.4 Å². The molecule has 4 rings (SSSR count). The first-order valence-electron chi connectivity index (χ1n) is 9.84. The first-order chi connectivity index (χ1) is 15.8.